The maximum absolute atomic E-state index is 12.6. The predicted octanol–water partition coefficient (Wildman–Crippen LogP) is 1.27. The van der Waals surface area contributed by atoms with E-state index in [1.54, 1.807) is 0 Å². The van der Waals surface area contributed by atoms with Crippen LogP contribution in [-0.4, -0.2) is 41.9 Å². The molecule has 0 aromatic carbocycles. The largest absolute Gasteiger partial charge is 0.369 e. The number of carbonyl (C=O) groups is 2. The molecule has 3 N–H and O–H groups in total. The van der Waals surface area contributed by atoms with Crippen molar-refractivity contribution in [3.05, 3.63) is 0 Å². The molecule has 1 aliphatic heterocycles. The molecule has 0 aromatic heterocycles. The molecule has 0 unspecified atom stereocenters. The maximum atomic E-state index is 12.6. The quantitative estimate of drug-likeness (QED) is 0.819. The van der Waals surface area contributed by atoms with E-state index in [9.17, 15) is 9.59 Å². The highest BCUT2D eigenvalue weighted by Crippen LogP contribution is 2.55. The van der Waals surface area contributed by atoms with Gasteiger partial charge < -0.3 is 11.1 Å². The molecule has 1 heterocycles. The molecule has 0 aromatic rings. The van der Waals surface area contributed by atoms with Gasteiger partial charge in [-0.15, -0.1) is 0 Å². The summed E-state index contributed by atoms with van der Waals surface area (Å²) in [4.78, 5) is 26.1. The fraction of sp³-hybridized carbons (Fsp3) is 0.889. The fourth-order valence-electron chi connectivity index (χ4n) is 6.23. The number of hydrogen-bond donors (Lipinski definition) is 2. The predicted molar refractivity (Wildman–Crippen MR) is 87.4 cm³/mol. The average Bonchev–Trinajstić information content (AvgIpc) is 2.45. The fourth-order valence-corrected chi connectivity index (χ4v) is 6.23. The Balaban J connectivity index is 1.34. The molecular formula is C18H29N3O2. The smallest absolute Gasteiger partial charge is 0.234 e. The summed E-state index contributed by atoms with van der Waals surface area (Å²) in [6, 6.07) is 0. The van der Waals surface area contributed by atoms with E-state index in [-0.39, 0.29) is 23.3 Å². The summed E-state index contributed by atoms with van der Waals surface area (Å²) >= 11 is 0. The molecule has 4 aliphatic carbocycles. The van der Waals surface area contributed by atoms with Crippen LogP contribution in [0.3, 0.4) is 0 Å². The minimum absolute atomic E-state index is 0.0869. The van der Waals surface area contributed by atoms with Crippen molar-refractivity contribution < 1.29 is 9.59 Å². The van der Waals surface area contributed by atoms with Gasteiger partial charge in [0.15, 0.2) is 0 Å². The lowest BCUT2D eigenvalue weighted by atomic mass is 9.53. The van der Waals surface area contributed by atoms with Crippen molar-refractivity contribution in [2.24, 2.45) is 29.4 Å². The van der Waals surface area contributed by atoms with Gasteiger partial charge >= 0.3 is 0 Å². The second-order valence-corrected chi connectivity index (χ2v) is 8.72. The van der Waals surface area contributed by atoms with Crippen LogP contribution in [0.4, 0.5) is 0 Å². The van der Waals surface area contributed by atoms with E-state index in [1.165, 1.54) is 38.5 Å². The number of nitrogens with two attached hydrogens (primary N) is 1. The third-order valence-electron chi connectivity index (χ3n) is 6.72. The van der Waals surface area contributed by atoms with Crippen LogP contribution in [0.25, 0.3) is 0 Å². The summed E-state index contributed by atoms with van der Waals surface area (Å²) in [7, 11) is 0. The third kappa shape index (κ3) is 3.12. The van der Waals surface area contributed by atoms with Crippen molar-refractivity contribution in [3.8, 4) is 0 Å². The summed E-state index contributed by atoms with van der Waals surface area (Å²) in [5.41, 5.74) is 5.52. The van der Waals surface area contributed by atoms with E-state index in [0.717, 1.165) is 37.1 Å². The summed E-state index contributed by atoms with van der Waals surface area (Å²) in [6.07, 6.45) is 9.56. The van der Waals surface area contributed by atoms with E-state index < -0.39 is 0 Å². The number of likely N-dealkylation sites (tertiary alicyclic amines) is 1. The maximum Gasteiger partial charge on any atom is 0.234 e. The monoisotopic (exact) mass is 319 g/mol. The standard InChI is InChI=1S/C18H29N3O2/c19-17(23)15-2-1-3-21(10-15)11-16(22)20-18-7-12-4-13(8-18)6-14(5-12)9-18/h12-15H,1-11H2,(H2,19,23)(H,20,22)/t12?,13?,14?,15-,18?/m0/s1. The molecule has 1 atom stereocenters. The highest BCUT2D eigenvalue weighted by Gasteiger charge is 2.51. The number of carbonyl (C=O) groups excluding carboxylic acids is 2. The number of amides is 2. The van der Waals surface area contributed by atoms with Gasteiger partial charge in [-0.25, -0.2) is 0 Å². The number of piperidine rings is 1. The molecule has 0 spiro atoms. The van der Waals surface area contributed by atoms with E-state index in [0.29, 0.717) is 13.1 Å². The Morgan fingerprint density at radius 3 is 2.26 bits per heavy atom. The van der Waals surface area contributed by atoms with Gasteiger partial charge in [0.1, 0.15) is 0 Å². The van der Waals surface area contributed by atoms with Crippen LogP contribution < -0.4 is 11.1 Å². The molecule has 4 saturated carbocycles. The number of rotatable bonds is 4. The second kappa shape index (κ2) is 5.76. The zero-order chi connectivity index (χ0) is 16.0. The minimum atomic E-state index is -0.226. The number of nitrogens with zero attached hydrogens (tertiary/aromatic N) is 1. The first-order valence-corrected chi connectivity index (χ1v) is 9.34. The molecule has 2 amide bonds. The van der Waals surface area contributed by atoms with Crippen LogP contribution in [0, 0.1) is 23.7 Å². The summed E-state index contributed by atoms with van der Waals surface area (Å²) in [6.45, 7) is 1.97. The zero-order valence-electron chi connectivity index (χ0n) is 13.9. The van der Waals surface area contributed by atoms with Crippen molar-refractivity contribution in [1.29, 1.82) is 0 Å². The normalized spacial score (nSPS) is 42.6. The second-order valence-electron chi connectivity index (χ2n) is 8.72. The number of hydrogen-bond acceptors (Lipinski definition) is 3. The van der Waals surface area contributed by atoms with Gasteiger partial charge in [0, 0.05) is 12.1 Å². The summed E-state index contributed by atoms with van der Waals surface area (Å²) < 4.78 is 0. The SMILES string of the molecule is NC(=O)[C@H]1CCCN(CC(=O)NC23CC4CC(CC(C4)C2)C3)C1. The highest BCUT2D eigenvalue weighted by molar-refractivity contribution is 5.79. The summed E-state index contributed by atoms with van der Waals surface area (Å²) in [5.74, 6) is 2.37. The van der Waals surface area contributed by atoms with Gasteiger partial charge in [-0.1, -0.05) is 0 Å². The van der Waals surface area contributed by atoms with Crippen molar-refractivity contribution >= 4 is 11.8 Å². The Morgan fingerprint density at radius 1 is 1.09 bits per heavy atom. The molecule has 5 fully saturated rings. The van der Waals surface area contributed by atoms with E-state index in [2.05, 4.69) is 10.2 Å². The Bertz CT molecular complexity index is 469. The van der Waals surface area contributed by atoms with Gasteiger partial charge in [0.2, 0.25) is 11.8 Å². The molecular weight excluding hydrogens is 290 g/mol. The molecule has 5 aliphatic rings. The van der Waals surface area contributed by atoms with Gasteiger partial charge in [0.05, 0.1) is 12.5 Å². The van der Waals surface area contributed by atoms with Gasteiger partial charge in [-0.2, -0.15) is 0 Å². The van der Waals surface area contributed by atoms with Gasteiger partial charge in [-0.05, 0) is 75.7 Å². The molecule has 4 bridgehead atoms. The Labute approximate surface area is 138 Å². The summed E-state index contributed by atoms with van der Waals surface area (Å²) in [5, 5.41) is 3.42. The van der Waals surface area contributed by atoms with Crippen molar-refractivity contribution in [2.45, 2.75) is 56.9 Å². The van der Waals surface area contributed by atoms with Gasteiger partial charge in [0.25, 0.3) is 0 Å². The lowest BCUT2D eigenvalue weighted by Gasteiger charge is -2.57. The molecule has 128 valence electrons. The lowest BCUT2D eigenvalue weighted by Crippen LogP contribution is -2.61. The van der Waals surface area contributed by atoms with E-state index in [1.807, 2.05) is 0 Å². The lowest BCUT2D eigenvalue weighted by molar-refractivity contribution is -0.130. The first kappa shape index (κ1) is 15.4. The minimum Gasteiger partial charge on any atom is -0.369 e. The van der Waals surface area contributed by atoms with Crippen molar-refractivity contribution in [3.63, 3.8) is 0 Å². The van der Waals surface area contributed by atoms with Crippen molar-refractivity contribution in [2.75, 3.05) is 19.6 Å². The van der Waals surface area contributed by atoms with Crippen LogP contribution in [0.2, 0.25) is 0 Å². The third-order valence-corrected chi connectivity index (χ3v) is 6.72. The number of primary amides is 1. The number of nitrogens with one attached hydrogen (secondary N) is 1. The zero-order valence-corrected chi connectivity index (χ0v) is 13.9. The molecule has 5 heteroatoms. The van der Waals surface area contributed by atoms with Crippen LogP contribution in [0.1, 0.15) is 51.4 Å². The molecule has 1 saturated heterocycles. The van der Waals surface area contributed by atoms with Crippen LogP contribution >= 0.6 is 0 Å². The van der Waals surface area contributed by atoms with E-state index in [4.69, 9.17) is 5.73 Å². The van der Waals surface area contributed by atoms with Crippen LogP contribution in [0.5, 0.6) is 0 Å². The molecule has 5 rings (SSSR count). The first-order valence-electron chi connectivity index (χ1n) is 9.34. The molecule has 0 radical (unpaired) electrons. The first-order chi connectivity index (χ1) is 11.0. The Kier molecular flexibility index (Phi) is 3.87. The van der Waals surface area contributed by atoms with Crippen LogP contribution in [0.15, 0.2) is 0 Å². The van der Waals surface area contributed by atoms with Crippen LogP contribution in [-0.2, 0) is 9.59 Å². The highest BCUT2D eigenvalue weighted by atomic mass is 16.2. The van der Waals surface area contributed by atoms with Crippen molar-refractivity contribution in [1.82, 2.24) is 10.2 Å². The van der Waals surface area contributed by atoms with Gasteiger partial charge in [-0.3, -0.25) is 14.5 Å². The Morgan fingerprint density at radius 2 is 1.70 bits per heavy atom. The van der Waals surface area contributed by atoms with E-state index >= 15 is 0 Å². The molecule has 23 heavy (non-hydrogen) atoms. The molecule has 5 nitrogen and oxygen atoms in total. The average molecular weight is 319 g/mol. The Hall–Kier alpha value is -1.10. The topological polar surface area (TPSA) is 75.4 Å².